The maximum atomic E-state index is 13.6. The number of benzene rings is 2. The van der Waals surface area contributed by atoms with Crippen LogP contribution in [0.1, 0.15) is 28.7 Å². The number of hydrogen-bond acceptors (Lipinski definition) is 4. The number of guanidine groups is 1. The number of hydrogen-bond donors (Lipinski definition) is 0. The second-order valence-corrected chi connectivity index (χ2v) is 8.52. The Balaban J connectivity index is 1.40. The summed E-state index contributed by atoms with van der Waals surface area (Å²) in [5.74, 6) is 0.966. The number of carbonyl (C=O) groups excluding carboxylic acids is 1. The van der Waals surface area contributed by atoms with Crippen LogP contribution in [-0.4, -0.2) is 52.7 Å². The van der Waals surface area contributed by atoms with E-state index in [2.05, 4.69) is 60.0 Å². The van der Waals surface area contributed by atoms with E-state index in [0.717, 1.165) is 44.1 Å². The quantitative estimate of drug-likeness (QED) is 0.789. The van der Waals surface area contributed by atoms with E-state index in [0.29, 0.717) is 13.1 Å². The Morgan fingerprint density at radius 3 is 2.57 bits per heavy atom. The molecule has 1 amide bonds. The number of amides is 1. The first kappa shape index (κ1) is 19.1. The number of carbonyl (C=O) groups is 1. The van der Waals surface area contributed by atoms with Gasteiger partial charge >= 0.3 is 0 Å². The summed E-state index contributed by atoms with van der Waals surface area (Å²) in [6.07, 6.45) is 0.907. The van der Waals surface area contributed by atoms with Crippen LogP contribution in [-0.2, 0) is 17.9 Å². The van der Waals surface area contributed by atoms with E-state index >= 15 is 0 Å². The van der Waals surface area contributed by atoms with Crippen molar-refractivity contribution in [2.24, 2.45) is 4.99 Å². The molecule has 5 nitrogen and oxygen atoms in total. The molecule has 0 radical (unpaired) electrons. The zero-order chi connectivity index (χ0) is 20.7. The molecule has 0 bridgehead atoms. The van der Waals surface area contributed by atoms with Gasteiger partial charge in [-0.25, -0.2) is 0 Å². The minimum atomic E-state index is 0.124. The Kier molecular flexibility index (Phi) is 4.91. The second-order valence-electron chi connectivity index (χ2n) is 8.52. The highest BCUT2D eigenvalue weighted by Gasteiger charge is 2.41. The molecule has 0 spiro atoms. The number of aryl methyl sites for hydroxylation is 2. The Morgan fingerprint density at radius 2 is 1.77 bits per heavy atom. The summed E-state index contributed by atoms with van der Waals surface area (Å²) in [4.78, 5) is 24.9. The van der Waals surface area contributed by atoms with Gasteiger partial charge in [-0.3, -0.25) is 19.6 Å². The van der Waals surface area contributed by atoms with Gasteiger partial charge in [0.15, 0.2) is 0 Å². The predicted molar refractivity (Wildman–Crippen MR) is 119 cm³/mol. The summed E-state index contributed by atoms with van der Waals surface area (Å²) in [5.41, 5.74) is 7.10. The lowest BCUT2D eigenvalue weighted by atomic mass is 9.99. The van der Waals surface area contributed by atoms with E-state index in [1.807, 2.05) is 17.0 Å². The highest BCUT2D eigenvalue weighted by Crippen LogP contribution is 2.32. The van der Waals surface area contributed by atoms with E-state index in [1.54, 1.807) is 0 Å². The molecule has 3 heterocycles. The van der Waals surface area contributed by atoms with Crippen LogP contribution in [0.3, 0.4) is 0 Å². The van der Waals surface area contributed by atoms with E-state index in [-0.39, 0.29) is 5.91 Å². The third-order valence-electron chi connectivity index (χ3n) is 6.40. The van der Waals surface area contributed by atoms with Crippen molar-refractivity contribution in [2.75, 3.05) is 26.2 Å². The Hall–Kier alpha value is -2.92. The fraction of sp³-hybridized carbons (Fsp3) is 0.360. The van der Waals surface area contributed by atoms with Gasteiger partial charge in [0.2, 0.25) is 5.96 Å². The van der Waals surface area contributed by atoms with Gasteiger partial charge in [0.25, 0.3) is 5.91 Å². The van der Waals surface area contributed by atoms with Gasteiger partial charge in [-0.1, -0.05) is 54.1 Å². The summed E-state index contributed by atoms with van der Waals surface area (Å²) >= 11 is 0. The zero-order valence-corrected chi connectivity index (χ0v) is 17.8. The molecule has 5 heteroatoms. The van der Waals surface area contributed by atoms with Gasteiger partial charge in [0.1, 0.15) is 0 Å². The first-order valence-corrected chi connectivity index (χ1v) is 10.8. The van der Waals surface area contributed by atoms with Crippen molar-refractivity contribution >= 4 is 11.9 Å². The van der Waals surface area contributed by atoms with Crippen LogP contribution in [0.5, 0.6) is 0 Å². The van der Waals surface area contributed by atoms with Crippen LogP contribution < -0.4 is 0 Å². The van der Waals surface area contributed by atoms with Gasteiger partial charge < -0.3 is 4.90 Å². The summed E-state index contributed by atoms with van der Waals surface area (Å²) in [7, 11) is 0. The Labute approximate surface area is 178 Å². The van der Waals surface area contributed by atoms with Crippen molar-refractivity contribution in [3.05, 3.63) is 82.1 Å². The Bertz CT molecular complexity index is 1040. The maximum absolute atomic E-state index is 13.6. The molecule has 0 unspecified atom stereocenters. The summed E-state index contributed by atoms with van der Waals surface area (Å²) < 4.78 is 0. The minimum absolute atomic E-state index is 0.124. The predicted octanol–water partition coefficient (Wildman–Crippen LogP) is 3.48. The van der Waals surface area contributed by atoms with Crippen LogP contribution in [0.4, 0.5) is 0 Å². The molecule has 0 N–H and O–H groups in total. The maximum Gasteiger partial charge on any atom is 0.259 e. The summed E-state index contributed by atoms with van der Waals surface area (Å²) in [6.45, 7) is 8.99. The molecule has 0 fully saturated rings. The lowest BCUT2D eigenvalue weighted by molar-refractivity contribution is -0.125. The third-order valence-corrected chi connectivity index (χ3v) is 6.40. The highest BCUT2D eigenvalue weighted by molar-refractivity contribution is 6.09. The lowest BCUT2D eigenvalue weighted by Gasteiger charge is -2.42. The molecule has 0 aliphatic carbocycles. The van der Waals surface area contributed by atoms with Gasteiger partial charge in [-0.05, 0) is 30.5 Å². The first-order chi connectivity index (χ1) is 14.6. The fourth-order valence-electron chi connectivity index (χ4n) is 4.66. The van der Waals surface area contributed by atoms with E-state index < -0.39 is 0 Å². The van der Waals surface area contributed by atoms with Crippen molar-refractivity contribution in [3.63, 3.8) is 0 Å². The van der Waals surface area contributed by atoms with Gasteiger partial charge in [-0.2, -0.15) is 0 Å². The normalized spacial score (nSPS) is 19.1. The molecule has 154 valence electrons. The molecule has 30 heavy (non-hydrogen) atoms. The first-order valence-electron chi connectivity index (χ1n) is 10.8. The van der Waals surface area contributed by atoms with Gasteiger partial charge in [-0.15, -0.1) is 0 Å². The molecule has 2 aromatic carbocycles. The van der Waals surface area contributed by atoms with Gasteiger partial charge in [0.05, 0.1) is 18.7 Å². The monoisotopic (exact) mass is 400 g/mol. The molecular formula is C25H28N4O. The molecule has 2 aromatic rings. The molecule has 0 saturated carbocycles. The van der Waals surface area contributed by atoms with Crippen LogP contribution in [0.2, 0.25) is 0 Å². The van der Waals surface area contributed by atoms with Crippen LogP contribution >= 0.6 is 0 Å². The molecule has 3 aliphatic rings. The zero-order valence-electron chi connectivity index (χ0n) is 17.8. The van der Waals surface area contributed by atoms with E-state index in [4.69, 9.17) is 4.99 Å². The minimum Gasteiger partial charge on any atom is -0.314 e. The highest BCUT2D eigenvalue weighted by atomic mass is 16.2. The van der Waals surface area contributed by atoms with Gasteiger partial charge in [0, 0.05) is 38.3 Å². The van der Waals surface area contributed by atoms with E-state index in [9.17, 15) is 4.79 Å². The largest absolute Gasteiger partial charge is 0.314 e. The average Bonchev–Trinajstić information content (AvgIpc) is 3.24. The van der Waals surface area contributed by atoms with Crippen LogP contribution in [0, 0.1) is 13.8 Å². The second kappa shape index (κ2) is 7.73. The van der Waals surface area contributed by atoms with Crippen molar-refractivity contribution in [1.29, 1.82) is 0 Å². The molecule has 3 aliphatic heterocycles. The molecule has 0 aromatic heterocycles. The van der Waals surface area contributed by atoms with Crippen molar-refractivity contribution in [1.82, 2.24) is 14.7 Å². The standard InChI is InChI=1S/C25H28N4O/c1-18-7-9-20(10-8-18)15-27-13-11-23-22(17-27)24(30)29(25-26-12-14-28(23)25)16-21-6-4-3-5-19(21)2/h3-10H,11-17H2,1-2H3. The van der Waals surface area contributed by atoms with Crippen molar-refractivity contribution in [2.45, 2.75) is 33.4 Å². The number of rotatable bonds is 4. The SMILES string of the molecule is Cc1ccc(CN2CCC3=C(C2)C(=O)N(Cc2ccccc2C)C2=NCCN23)cc1. The lowest BCUT2D eigenvalue weighted by Crippen LogP contribution is -2.53. The van der Waals surface area contributed by atoms with Crippen LogP contribution in [0.25, 0.3) is 0 Å². The van der Waals surface area contributed by atoms with Crippen molar-refractivity contribution < 1.29 is 4.79 Å². The number of aliphatic imine (C=N–C) groups is 1. The molecular weight excluding hydrogens is 372 g/mol. The third kappa shape index (κ3) is 3.43. The fourth-order valence-corrected chi connectivity index (χ4v) is 4.66. The van der Waals surface area contributed by atoms with Crippen molar-refractivity contribution in [3.8, 4) is 0 Å². The van der Waals surface area contributed by atoms with E-state index in [1.165, 1.54) is 28.0 Å². The average molecular weight is 401 g/mol. The smallest absolute Gasteiger partial charge is 0.259 e. The molecule has 0 atom stereocenters. The molecule has 0 saturated heterocycles. The summed E-state index contributed by atoms with van der Waals surface area (Å²) in [6, 6.07) is 17.0. The number of fused-ring (bicyclic) bond motifs is 2. The van der Waals surface area contributed by atoms with Crippen LogP contribution in [0.15, 0.2) is 64.8 Å². The Morgan fingerprint density at radius 1 is 0.967 bits per heavy atom. The topological polar surface area (TPSA) is 39.2 Å². The number of nitrogens with zero attached hydrogens (tertiary/aromatic N) is 4. The molecule has 5 rings (SSSR count). The summed E-state index contributed by atoms with van der Waals surface area (Å²) in [5, 5.41) is 0.